The fourth-order valence-corrected chi connectivity index (χ4v) is 4.31. The van der Waals surface area contributed by atoms with E-state index in [9.17, 15) is 4.79 Å². The number of ether oxygens (including phenoxy) is 1. The van der Waals surface area contributed by atoms with Crippen LogP contribution in [0.3, 0.4) is 0 Å². The fourth-order valence-electron chi connectivity index (χ4n) is 4.31. The van der Waals surface area contributed by atoms with Crippen molar-refractivity contribution >= 4 is 34.7 Å². The van der Waals surface area contributed by atoms with E-state index < -0.39 is 5.60 Å². The van der Waals surface area contributed by atoms with Gasteiger partial charge in [-0.05, 0) is 57.4 Å². The van der Waals surface area contributed by atoms with E-state index >= 15 is 0 Å². The molecule has 8 nitrogen and oxygen atoms in total. The number of benzene rings is 1. The summed E-state index contributed by atoms with van der Waals surface area (Å²) in [6.07, 6.45) is 10.5. The number of rotatable bonds is 3. The number of hydrogen-bond acceptors (Lipinski definition) is 7. The van der Waals surface area contributed by atoms with Gasteiger partial charge in [-0.15, -0.1) is 0 Å². The minimum Gasteiger partial charge on any atom is -0.444 e. The molecule has 2 aromatic heterocycles. The standard InChI is InChI=1S/C25H28N6O2/c1-24(2,3)33-23(32)31-13-12-30(17-25(31)7-8-25)22-6-9-26-16-21(22)29-15-18-4-5-19-20(14-18)28-11-10-27-19/h4-6,9-11,14-16H,7-8,12-13,17H2,1-3H3. The molecule has 0 bridgehead atoms. The molecular formula is C25H28N6O2. The van der Waals surface area contributed by atoms with Crippen LogP contribution in [0.25, 0.3) is 11.0 Å². The van der Waals surface area contributed by atoms with Gasteiger partial charge in [-0.3, -0.25) is 24.8 Å². The first-order valence-electron chi connectivity index (χ1n) is 11.3. The van der Waals surface area contributed by atoms with E-state index in [-0.39, 0.29) is 11.6 Å². The molecule has 0 radical (unpaired) electrons. The lowest BCUT2D eigenvalue weighted by Gasteiger charge is -2.43. The van der Waals surface area contributed by atoms with Crippen LogP contribution >= 0.6 is 0 Å². The van der Waals surface area contributed by atoms with Gasteiger partial charge in [0.1, 0.15) is 11.3 Å². The second-order valence-corrected chi connectivity index (χ2v) is 9.70. The molecule has 170 valence electrons. The number of hydrogen-bond donors (Lipinski definition) is 0. The van der Waals surface area contributed by atoms with E-state index in [4.69, 9.17) is 9.73 Å². The third-order valence-electron chi connectivity index (χ3n) is 6.06. The van der Waals surface area contributed by atoms with Crippen molar-refractivity contribution in [3.63, 3.8) is 0 Å². The van der Waals surface area contributed by atoms with E-state index in [0.717, 1.165) is 53.9 Å². The number of carbonyl (C=O) groups is 1. The van der Waals surface area contributed by atoms with E-state index in [0.29, 0.717) is 6.54 Å². The van der Waals surface area contributed by atoms with E-state index in [1.54, 1.807) is 24.8 Å². The highest BCUT2D eigenvalue weighted by molar-refractivity contribution is 5.89. The van der Waals surface area contributed by atoms with Gasteiger partial charge in [0.15, 0.2) is 0 Å². The fraction of sp³-hybridized carbons (Fsp3) is 0.400. The molecule has 1 aliphatic heterocycles. The molecule has 1 saturated carbocycles. The Labute approximate surface area is 193 Å². The highest BCUT2D eigenvalue weighted by atomic mass is 16.6. The number of nitrogens with zero attached hydrogens (tertiary/aromatic N) is 6. The van der Waals surface area contributed by atoms with Crippen LogP contribution in [0.15, 0.2) is 54.0 Å². The van der Waals surface area contributed by atoms with Crippen LogP contribution in [-0.2, 0) is 4.74 Å². The molecule has 2 fully saturated rings. The molecule has 1 aliphatic carbocycles. The number of fused-ring (bicyclic) bond motifs is 1. The van der Waals surface area contributed by atoms with Crippen molar-refractivity contribution in [2.45, 2.75) is 44.8 Å². The molecule has 5 rings (SSSR count). The largest absolute Gasteiger partial charge is 0.444 e. The van der Waals surface area contributed by atoms with Gasteiger partial charge in [0.25, 0.3) is 0 Å². The van der Waals surface area contributed by atoms with Gasteiger partial charge < -0.3 is 9.64 Å². The number of carbonyl (C=O) groups excluding carboxylic acids is 1. The van der Waals surface area contributed by atoms with Crippen molar-refractivity contribution < 1.29 is 9.53 Å². The van der Waals surface area contributed by atoms with Crippen LogP contribution in [0.1, 0.15) is 39.2 Å². The van der Waals surface area contributed by atoms with Gasteiger partial charge in [-0.2, -0.15) is 0 Å². The maximum atomic E-state index is 12.8. The van der Waals surface area contributed by atoms with Crippen molar-refractivity contribution in [3.8, 4) is 0 Å². The summed E-state index contributed by atoms with van der Waals surface area (Å²) in [7, 11) is 0. The zero-order valence-electron chi connectivity index (χ0n) is 19.2. The van der Waals surface area contributed by atoms with Crippen LogP contribution < -0.4 is 4.90 Å². The summed E-state index contributed by atoms with van der Waals surface area (Å²) in [5.74, 6) is 0. The first-order chi connectivity index (χ1) is 15.8. The summed E-state index contributed by atoms with van der Waals surface area (Å²) in [5, 5.41) is 0. The number of piperazine rings is 1. The Bertz CT molecular complexity index is 1210. The Morgan fingerprint density at radius 2 is 1.88 bits per heavy atom. The monoisotopic (exact) mass is 444 g/mol. The predicted molar refractivity (Wildman–Crippen MR) is 128 cm³/mol. The molecule has 3 aromatic rings. The van der Waals surface area contributed by atoms with Gasteiger partial charge in [0.2, 0.25) is 0 Å². The number of anilines is 1. The van der Waals surface area contributed by atoms with Crippen molar-refractivity contribution in [1.29, 1.82) is 0 Å². The topological polar surface area (TPSA) is 83.8 Å². The van der Waals surface area contributed by atoms with Crippen molar-refractivity contribution in [3.05, 3.63) is 54.6 Å². The average Bonchev–Trinajstić information content (AvgIpc) is 3.55. The Kier molecular flexibility index (Phi) is 5.23. The highest BCUT2D eigenvalue weighted by Gasteiger charge is 2.54. The molecule has 1 aromatic carbocycles. The lowest BCUT2D eigenvalue weighted by molar-refractivity contribution is 0.0107. The molecule has 3 heterocycles. The van der Waals surface area contributed by atoms with Gasteiger partial charge in [0.05, 0.1) is 28.5 Å². The summed E-state index contributed by atoms with van der Waals surface area (Å²) >= 11 is 0. The third-order valence-corrected chi connectivity index (χ3v) is 6.06. The highest BCUT2D eigenvalue weighted by Crippen LogP contribution is 2.46. The molecule has 0 unspecified atom stereocenters. The second-order valence-electron chi connectivity index (χ2n) is 9.70. The molecular weight excluding hydrogens is 416 g/mol. The molecule has 8 heteroatoms. The summed E-state index contributed by atoms with van der Waals surface area (Å²) < 4.78 is 5.66. The first kappa shape index (κ1) is 21.3. The van der Waals surface area contributed by atoms with Crippen molar-refractivity contribution in [2.75, 3.05) is 24.5 Å². The summed E-state index contributed by atoms with van der Waals surface area (Å²) in [5.41, 5.74) is 3.82. The van der Waals surface area contributed by atoms with Crippen molar-refractivity contribution in [2.24, 2.45) is 4.99 Å². The molecule has 1 saturated heterocycles. The molecule has 0 N–H and O–H groups in total. The normalized spacial score (nSPS) is 17.7. The number of pyridine rings is 1. The maximum absolute atomic E-state index is 12.8. The zero-order valence-corrected chi connectivity index (χ0v) is 19.2. The van der Waals surface area contributed by atoms with Crippen LogP contribution in [0.5, 0.6) is 0 Å². The number of aliphatic imine (C=N–C) groups is 1. The van der Waals surface area contributed by atoms with Gasteiger partial charge in [-0.25, -0.2) is 4.79 Å². The lowest BCUT2D eigenvalue weighted by Crippen LogP contribution is -2.58. The minimum atomic E-state index is -0.494. The van der Waals surface area contributed by atoms with E-state index in [2.05, 4.69) is 19.9 Å². The van der Waals surface area contributed by atoms with E-state index in [1.165, 1.54) is 0 Å². The Morgan fingerprint density at radius 3 is 2.64 bits per heavy atom. The average molecular weight is 445 g/mol. The Balaban J connectivity index is 1.35. The maximum Gasteiger partial charge on any atom is 0.410 e. The summed E-state index contributed by atoms with van der Waals surface area (Å²) in [6.45, 7) is 7.84. The summed E-state index contributed by atoms with van der Waals surface area (Å²) in [4.78, 5) is 34.7. The molecule has 1 amide bonds. The number of amides is 1. The SMILES string of the molecule is CC(C)(C)OC(=O)N1CCN(c2ccncc2N=Cc2ccc3nccnc3c2)CC12CC2. The van der Waals surface area contributed by atoms with Gasteiger partial charge >= 0.3 is 6.09 Å². The minimum absolute atomic E-state index is 0.151. The summed E-state index contributed by atoms with van der Waals surface area (Å²) in [6, 6.07) is 7.90. The van der Waals surface area contributed by atoms with Crippen LogP contribution in [0, 0.1) is 0 Å². The molecule has 2 aliphatic rings. The smallest absolute Gasteiger partial charge is 0.410 e. The van der Waals surface area contributed by atoms with Crippen LogP contribution in [0.4, 0.5) is 16.2 Å². The van der Waals surface area contributed by atoms with Gasteiger partial charge in [0, 0.05) is 44.4 Å². The lowest BCUT2D eigenvalue weighted by atomic mass is 10.1. The third kappa shape index (κ3) is 4.51. The quantitative estimate of drug-likeness (QED) is 0.558. The van der Waals surface area contributed by atoms with Gasteiger partial charge in [-0.1, -0.05) is 6.07 Å². The Hall–Kier alpha value is -3.55. The zero-order chi connectivity index (χ0) is 23.1. The molecule has 1 spiro atoms. The molecule has 33 heavy (non-hydrogen) atoms. The van der Waals surface area contributed by atoms with Crippen LogP contribution in [0.2, 0.25) is 0 Å². The predicted octanol–water partition coefficient (Wildman–Crippen LogP) is 4.37. The van der Waals surface area contributed by atoms with Crippen LogP contribution in [-0.4, -0.2) is 62.9 Å². The van der Waals surface area contributed by atoms with E-state index in [1.807, 2.05) is 56.2 Å². The Morgan fingerprint density at radius 1 is 1.09 bits per heavy atom. The van der Waals surface area contributed by atoms with Crippen molar-refractivity contribution in [1.82, 2.24) is 19.9 Å². The first-order valence-corrected chi connectivity index (χ1v) is 11.3. The number of aromatic nitrogens is 3. The molecule has 0 atom stereocenters. The second kappa shape index (κ2) is 8.10.